The molecule has 0 spiro atoms. The molecule has 0 saturated carbocycles. The molecule has 2 saturated heterocycles. The lowest BCUT2D eigenvalue weighted by atomic mass is 10.0. The maximum atomic E-state index is 11.8. The van der Waals surface area contributed by atoms with Gasteiger partial charge in [-0.15, -0.1) is 0 Å². The number of carbonyl (C=O) groups is 1. The van der Waals surface area contributed by atoms with Crippen molar-refractivity contribution in [1.82, 2.24) is 9.80 Å². The van der Waals surface area contributed by atoms with Crippen molar-refractivity contribution >= 4 is 5.78 Å². The number of likely N-dealkylation sites (tertiary alicyclic amines) is 2. The van der Waals surface area contributed by atoms with Gasteiger partial charge in [-0.1, -0.05) is 31.7 Å². The van der Waals surface area contributed by atoms with Gasteiger partial charge in [-0.3, -0.25) is 4.79 Å². The standard InChI is InChI=1S/C21H32N2O/c1-5-9-21(10-7-8-12-22-13-11-17(3)15-22)23-16-19(18(4)24)14-20(23)6-2/h5-7,9-10,17,19H,1,8,11-16H2,2-4H3/b10-7-,20-6+,21-9+. The van der Waals surface area contributed by atoms with Gasteiger partial charge in [-0.05, 0) is 57.7 Å². The highest BCUT2D eigenvalue weighted by molar-refractivity contribution is 5.79. The van der Waals surface area contributed by atoms with Crippen LogP contribution in [0.2, 0.25) is 0 Å². The molecule has 3 nitrogen and oxygen atoms in total. The van der Waals surface area contributed by atoms with Crippen LogP contribution in [0.3, 0.4) is 0 Å². The van der Waals surface area contributed by atoms with E-state index in [1.807, 2.05) is 12.2 Å². The number of carbonyl (C=O) groups excluding carboxylic acids is 1. The minimum atomic E-state index is 0.115. The second-order valence-corrected chi connectivity index (χ2v) is 7.12. The number of Topliss-reactive ketones (excluding diaryl/α,β-unsaturated/α-hetero) is 1. The zero-order chi connectivity index (χ0) is 17.5. The van der Waals surface area contributed by atoms with Crippen molar-refractivity contribution < 1.29 is 4.79 Å². The summed E-state index contributed by atoms with van der Waals surface area (Å²) in [5.41, 5.74) is 2.37. The SMILES string of the molecule is C=C/C=C(\C=C/CCN1CCC(C)C1)N1CC(C(C)=O)C/C1=C\C. The third-order valence-corrected chi connectivity index (χ3v) is 5.12. The predicted octanol–water partition coefficient (Wildman–Crippen LogP) is 4.16. The summed E-state index contributed by atoms with van der Waals surface area (Å²) >= 11 is 0. The van der Waals surface area contributed by atoms with Crippen molar-refractivity contribution in [1.29, 1.82) is 0 Å². The van der Waals surface area contributed by atoms with Gasteiger partial charge in [-0.2, -0.15) is 0 Å². The fourth-order valence-corrected chi connectivity index (χ4v) is 3.63. The fraction of sp³-hybridized carbons (Fsp3) is 0.571. The van der Waals surface area contributed by atoms with Gasteiger partial charge in [-0.25, -0.2) is 0 Å². The molecular weight excluding hydrogens is 296 g/mol. The first kappa shape index (κ1) is 18.7. The molecule has 0 aromatic rings. The Kier molecular flexibility index (Phi) is 7.04. The van der Waals surface area contributed by atoms with Crippen LogP contribution in [-0.2, 0) is 4.79 Å². The number of hydrogen-bond acceptors (Lipinski definition) is 3. The largest absolute Gasteiger partial charge is 0.345 e. The van der Waals surface area contributed by atoms with Gasteiger partial charge < -0.3 is 9.80 Å². The van der Waals surface area contributed by atoms with Crippen LogP contribution in [0.4, 0.5) is 0 Å². The summed E-state index contributed by atoms with van der Waals surface area (Å²) in [6.45, 7) is 14.3. The molecule has 2 atom stereocenters. The highest BCUT2D eigenvalue weighted by Crippen LogP contribution is 2.31. The number of nitrogens with zero attached hydrogens (tertiary/aromatic N) is 2. The van der Waals surface area contributed by atoms with Crippen LogP contribution in [0.25, 0.3) is 0 Å². The summed E-state index contributed by atoms with van der Waals surface area (Å²) in [6.07, 6.45) is 13.7. The Balaban J connectivity index is 1.96. The zero-order valence-corrected chi connectivity index (χ0v) is 15.5. The lowest BCUT2D eigenvalue weighted by Gasteiger charge is -2.21. The molecule has 0 aliphatic carbocycles. The normalized spacial score (nSPS) is 27.5. The quantitative estimate of drug-likeness (QED) is 0.656. The van der Waals surface area contributed by atoms with Crippen LogP contribution in [0.5, 0.6) is 0 Å². The second kappa shape index (κ2) is 9.03. The van der Waals surface area contributed by atoms with E-state index in [0.717, 1.165) is 37.5 Å². The number of rotatable bonds is 7. The van der Waals surface area contributed by atoms with E-state index in [9.17, 15) is 4.79 Å². The van der Waals surface area contributed by atoms with Gasteiger partial charge in [0.25, 0.3) is 0 Å². The molecule has 2 aliphatic rings. The molecule has 0 aromatic carbocycles. The topological polar surface area (TPSA) is 23.6 Å². The summed E-state index contributed by atoms with van der Waals surface area (Å²) < 4.78 is 0. The van der Waals surface area contributed by atoms with E-state index in [0.29, 0.717) is 0 Å². The van der Waals surface area contributed by atoms with Gasteiger partial charge >= 0.3 is 0 Å². The number of allylic oxidation sites excluding steroid dienone is 5. The van der Waals surface area contributed by atoms with Crippen LogP contribution >= 0.6 is 0 Å². The zero-order valence-electron chi connectivity index (χ0n) is 15.5. The molecule has 0 bridgehead atoms. The van der Waals surface area contributed by atoms with Crippen molar-refractivity contribution in [3.63, 3.8) is 0 Å². The van der Waals surface area contributed by atoms with E-state index in [1.165, 1.54) is 25.2 Å². The highest BCUT2D eigenvalue weighted by Gasteiger charge is 2.30. The second-order valence-electron chi connectivity index (χ2n) is 7.12. The van der Waals surface area contributed by atoms with Crippen LogP contribution in [0.15, 0.2) is 48.4 Å². The number of hydrogen-bond donors (Lipinski definition) is 0. The Morgan fingerprint density at radius 2 is 2.17 bits per heavy atom. The van der Waals surface area contributed by atoms with Crippen molar-refractivity contribution in [2.75, 3.05) is 26.2 Å². The van der Waals surface area contributed by atoms with Gasteiger partial charge in [0.15, 0.2) is 0 Å². The van der Waals surface area contributed by atoms with E-state index in [1.54, 1.807) is 6.92 Å². The Bertz CT molecular complexity index is 544. The molecule has 24 heavy (non-hydrogen) atoms. The Morgan fingerprint density at radius 3 is 2.75 bits per heavy atom. The van der Waals surface area contributed by atoms with Crippen molar-refractivity contribution in [2.45, 2.75) is 40.0 Å². The molecule has 3 heteroatoms. The first-order valence-corrected chi connectivity index (χ1v) is 9.20. The summed E-state index contributed by atoms with van der Waals surface area (Å²) in [5, 5.41) is 0. The smallest absolute Gasteiger partial charge is 0.135 e. The van der Waals surface area contributed by atoms with Gasteiger partial charge in [0.05, 0.1) is 0 Å². The maximum Gasteiger partial charge on any atom is 0.135 e. The third-order valence-electron chi connectivity index (χ3n) is 5.12. The molecule has 132 valence electrons. The molecule has 0 aromatic heterocycles. The van der Waals surface area contributed by atoms with E-state index >= 15 is 0 Å². The minimum absolute atomic E-state index is 0.115. The lowest BCUT2D eigenvalue weighted by Crippen LogP contribution is -2.21. The van der Waals surface area contributed by atoms with Crippen LogP contribution in [-0.4, -0.2) is 41.8 Å². The fourth-order valence-electron chi connectivity index (χ4n) is 3.63. The summed E-state index contributed by atoms with van der Waals surface area (Å²) in [7, 11) is 0. The molecular formula is C21H32N2O. The predicted molar refractivity (Wildman–Crippen MR) is 102 cm³/mol. The first-order valence-electron chi connectivity index (χ1n) is 9.20. The number of ketones is 1. The van der Waals surface area contributed by atoms with Crippen LogP contribution in [0.1, 0.15) is 40.0 Å². The summed E-state index contributed by atoms with van der Waals surface area (Å²) in [4.78, 5) is 16.6. The van der Waals surface area contributed by atoms with E-state index in [4.69, 9.17) is 0 Å². The molecule has 2 rings (SSSR count). The molecule has 0 radical (unpaired) electrons. The Hall–Kier alpha value is -1.61. The highest BCUT2D eigenvalue weighted by atomic mass is 16.1. The van der Waals surface area contributed by atoms with Crippen molar-refractivity contribution in [2.24, 2.45) is 11.8 Å². The minimum Gasteiger partial charge on any atom is -0.345 e. The molecule has 0 amide bonds. The van der Waals surface area contributed by atoms with Crippen molar-refractivity contribution in [3.05, 3.63) is 48.4 Å². The molecule has 2 heterocycles. The van der Waals surface area contributed by atoms with E-state index in [-0.39, 0.29) is 11.7 Å². The molecule has 2 unspecified atom stereocenters. The van der Waals surface area contributed by atoms with Crippen molar-refractivity contribution in [3.8, 4) is 0 Å². The average Bonchev–Trinajstić information content (AvgIpc) is 3.16. The first-order chi connectivity index (χ1) is 11.5. The van der Waals surface area contributed by atoms with Gasteiger partial charge in [0, 0.05) is 36.9 Å². The Morgan fingerprint density at radius 1 is 1.38 bits per heavy atom. The third kappa shape index (κ3) is 4.94. The van der Waals surface area contributed by atoms with Crippen LogP contribution in [0, 0.1) is 11.8 Å². The molecule has 2 aliphatic heterocycles. The summed E-state index contributed by atoms with van der Waals surface area (Å²) in [5.74, 6) is 1.24. The average molecular weight is 329 g/mol. The Labute approximate surface area is 147 Å². The lowest BCUT2D eigenvalue weighted by molar-refractivity contribution is -0.120. The van der Waals surface area contributed by atoms with Gasteiger partial charge in [0.1, 0.15) is 5.78 Å². The monoisotopic (exact) mass is 328 g/mol. The molecule has 2 fully saturated rings. The summed E-state index contributed by atoms with van der Waals surface area (Å²) in [6, 6.07) is 0. The van der Waals surface area contributed by atoms with E-state index in [2.05, 4.69) is 48.5 Å². The van der Waals surface area contributed by atoms with E-state index < -0.39 is 0 Å². The van der Waals surface area contributed by atoms with Crippen LogP contribution < -0.4 is 0 Å². The van der Waals surface area contributed by atoms with Gasteiger partial charge in [0.2, 0.25) is 0 Å². The molecule has 0 N–H and O–H groups in total. The maximum absolute atomic E-state index is 11.8.